The van der Waals surface area contributed by atoms with Gasteiger partial charge in [0.05, 0.1) is 36.7 Å². The lowest BCUT2D eigenvalue weighted by atomic mass is 9.89. The Morgan fingerprint density at radius 2 is 1.92 bits per heavy atom. The van der Waals surface area contributed by atoms with E-state index in [2.05, 4.69) is 55.2 Å². The molecule has 2 fully saturated rings. The molecule has 0 radical (unpaired) electrons. The van der Waals surface area contributed by atoms with Gasteiger partial charge < -0.3 is 29.0 Å². The van der Waals surface area contributed by atoms with E-state index in [0.29, 0.717) is 34.4 Å². The summed E-state index contributed by atoms with van der Waals surface area (Å²) in [6, 6.07) is 16.4. The van der Waals surface area contributed by atoms with Gasteiger partial charge in [0.2, 0.25) is 4.38 Å². The molecule has 0 spiro atoms. The number of methoxy groups -OCH3 is 2. The van der Waals surface area contributed by atoms with Crippen molar-refractivity contribution in [2.75, 3.05) is 58.7 Å². The third kappa shape index (κ3) is 7.33. The second-order valence-electron chi connectivity index (χ2n) is 13.2. The van der Waals surface area contributed by atoms with E-state index >= 15 is 0 Å². The van der Waals surface area contributed by atoms with Crippen LogP contribution in [0.1, 0.15) is 41.2 Å². The predicted octanol–water partition coefficient (Wildman–Crippen LogP) is 5.17. The number of likely N-dealkylation sites (tertiary alicyclic amines) is 1. The standard InChI is InChI=1S/C37H44N8O4S2/c1-42(22-24-9-6-5-7-10-24)33-19-29(40-35-27(21-39-45(33)35)36(46)41-28-12-13-31(28)48-3)26-20-38-34-25(26)11-8-15-44(34)30-14-16-43(17-18-47-2)23-32(30)49-37(50)51-4/h5-11,15,19-21,28,30-32H,12-14,16-18,22-23H2,1-4H3,(H,41,46)/t28?,30?,31-,32?/m0/s1. The van der Waals surface area contributed by atoms with Gasteiger partial charge in [-0.05, 0) is 55.4 Å². The molecule has 3 aromatic rings. The molecule has 3 aliphatic heterocycles. The molecule has 0 bridgehead atoms. The molecule has 7 rings (SSSR count). The zero-order chi connectivity index (χ0) is 35.5. The number of thiocarbonyl (C=S) groups is 1. The highest BCUT2D eigenvalue weighted by Crippen LogP contribution is 2.38. The monoisotopic (exact) mass is 728 g/mol. The molecule has 5 heterocycles. The second-order valence-corrected chi connectivity index (χ2v) is 14.6. The van der Waals surface area contributed by atoms with E-state index in [1.165, 1.54) is 11.8 Å². The van der Waals surface area contributed by atoms with Crippen molar-refractivity contribution >= 4 is 45.7 Å². The molecular weight excluding hydrogens is 685 g/mol. The first-order valence-corrected chi connectivity index (χ1v) is 18.9. The number of ether oxygens (including phenoxy) is 3. The van der Waals surface area contributed by atoms with Gasteiger partial charge in [-0.1, -0.05) is 42.1 Å². The minimum absolute atomic E-state index is 0.0132. The summed E-state index contributed by atoms with van der Waals surface area (Å²) in [7, 11) is 5.43. The zero-order valence-electron chi connectivity index (χ0n) is 29.4. The van der Waals surface area contributed by atoms with Gasteiger partial charge in [0, 0.05) is 77.0 Å². The Morgan fingerprint density at radius 3 is 2.67 bits per heavy atom. The van der Waals surface area contributed by atoms with E-state index in [9.17, 15) is 4.79 Å². The van der Waals surface area contributed by atoms with Gasteiger partial charge in [0.15, 0.2) is 5.65 Å². The summed E-state index contributed by atoms with van der Waals surface area (Å²) in [5.74, 6) is 1.43. The molecular formula is C37H44N8O4S2. The number of thioether (sulfide) groups is 1. The SMILES string of the molecule is COCCN1CCC(n2cccc3c(-c4cc(N(C)Cc5ccccc5)n5ncc(C(=O)NC6CC[C@@H]6OC)c5n4)cnc2-3)C(OC(=S)SC)C1. The van der Waals surface area contributed by atoms with Gasteiger partial charge in [-0.3, -0.25) is 9.69 Å². The highest BCUT2D eigenvalue weighted by Gasteiger charge is 2.35. The number of pyridine rings is 1. The fraction of sp³-hybridized carbons (Fsp3) is 0.432. The molecule has 1 aromatic carbocycles. The molecule has 1 saturated carbocycles. The molecule has 1 amide bonds. The highest BCUT2D eigenvalue weighted by atomic mass is 32.2. The number of piperidine rings is 1. The number of carbonyl (C=O) groups excluding carboxylic acids is 1. The number of anilines is 1. The average Bonchev–Trinajstić information content (AvgIpc) is 3.78. The number of carbonyl (C=O) groups is 1. The molecule has 1 saturated heterocycles. The lowest BCUT2D eigenvalue weighted by molar-refractivity contribution is 0.00732. The number of amides is 1. The van der Waals surface area contributed by atoms with Crippen LogP contribution in [0.3, 0.4) is 0 Å². The van der Waals surface area contributed by atoms with Gasteiger partial charge in [0.1, 0.15) is 23.3 Å². The third-order valence-corrected chi connectivity index (χ3v) is 11.1. The molecule has 14 heteroatoms. The van der Waals surface area contributed by atoms with Crippen LogP contribution in [0, 0.1) is 0 Å². The first kappa shape index (κ1) is 35.3. The van der Waals surface area contributed by atoms with Gasteiger partial charge in [-0.2, -0.15) is 9.61 Å². The van der Waals surface area contributed by atoms with Crippen molar-refractivity contribution in [2.24, 2.45) is 0 Å². The summed E-state index contributed by atoms with van der Waals surface area (Å²) < 4.78 is 21.8. The maximum absolute atomic E-state index is 13.7. The number of fused-ring (bicyclic) bond motifs is 2. The van der Waals surface area contributed by atoms with Crippen molar-refractivity contribution in [3.8, 4) is 22.6 Å². The maximum atomic E-state index is 13.7. The largest absolute Gasteiger partial charge is 0.472 e. The summed E-state index contributed by atoms with van der Waals surface area (Å²) >= 11 is 6.97. The van der Waals surface area contributed by atoms with Gasteiger partial charge in [-0.15, -0.1) is 0 Å². The van der Waals surface area contributed by atoms with Crippen molar-refractivity contribution in [2.45, 2.75) is 50.1 Å². The fourth-order valence-corrected chi connectivity index (χ4v) is 7.49. The third-order valence-electron chi connectivity index (χ3n) is 10.1. The Hall–Kier alpha value is -4.08. The van der Waals surface area contributed by atoms with Crippen LogP contribution in [0.4, 0.5) is 5.82 Å². The molecule has 12 nitrogen and oxygen atoms in total. The predicted molar refractivity (Wildman–Crippen MR) is 204 cm³/mol. The number of aromatic nitrogens is 5. The Balaban J connectivity index is 1.25. The first-order valence-electron chi connectivity index (χ1n) is 17.3. The molecule has 268 valence electrons. The van der Waals surface area contributed by atoms with Crippen LogP contribution in [-0.2, 0) is 20.8 Å². The Bertz CT molecular complexity index is 1950. The van der Waals surface area contributed by atoms with Crippen LogP contribution in [-0.4, -0.2) is 111 Å². The first-order chi connectivity index (χ1) is 24.9. The van der Waals surface area contributed by atoms with Crippen molar-refractivity contribution < 1.29 is 19.0 Å². The zero-order valence-corrected chi connectivity index (χ0v) is 31.0. The summed E-state index contributed by atoms with van der Waals surface area (Å²) in [4.78, 5) is 28.3. The number of nitrogens with zero attached hydrogens (tertiary/aromatic N) is 7. The van der Waals surface area contributed by atoms with E-state index < -0.39 is 0 Å². The minimum Gasteiger partial charge on any atom is -0.472 e. The van der Waals surface area contributed by atoms with Gasteiger partial charge in [0.25, 0.3) is 5.91 Å². The average molecular weight is 729 g/mol. The van der Waals surface area contributed by atoms with Crippen LogP contribution in [0.25, 0.3) is 28.3 Å². The minimum atomic E-state index is -0.215. The van der Waals surface area contributed by atoms with Gasteiger partial charge in [-0.25, -0.2) is 9.97 Å². The molecule has 1 N–H and O–H groups in total. The van der Waals surface area contributed by atoms with Crippen LogP contribution in [0.2, 0.25) is 0 Å². The quantitative estimate of drug-likeness (QED) is 0.172. The van der Waals surface area contributed by atoms with Crippen molar-refractivity contribution in [1.29, 1.82) is 0 Å². The van der Waals surface area contributed by atoms with E-state index in [4.69, 9.17) is 36.4 Å². The molecule has 4 aliphatic rings. The van der Waals surface area contributed by atoms with Crippen LogP contribution < -0.4 is 10.2 Å². The molecule has 4 atom stereocenters. The van der Waals surface area contributed by atoms with Crippen molar-refractivity contribution in [3.63, 3.8) is 0 Å². The molecule has 51 heavy (non-hydrogen) atoms. The second kappa shape index (κ2) is 15.7. The van der Waals surface area contributed by atoms with Crippen molar-refractivity contribution in [3.05, 3.63) is 78.2 Å². The summed E-state index contributed by atoms with van der Waals surface area (Å²) in [5.41, 5.74) is 4.58. The van der Waals surface area contributed by atoms with E-state index in [1.807, 2.05) is 43.8 Å². The van der Waals surface area contributed by atoms with E-state index in [-0.39, 0.29) is 30.2 Å². The van der Waals surface area contributed by atoms with Crippen LogP contribution in [0.5, 0.6) is 0 Å². The lowest BCUT2D eigenvalue weighted by Gasteiger charge is -2.39. The normalized spacial score (nSPS) is 20.7. The number of rotatable bonds is 12. The number of nitrogens with one attached hydrogen (secondary N) is 1. The van der Waals surface area contributed by atoms with Gasteiger partial charge >= 0.3 is 0 Å². The molecule has 1 aliphatic carbocycles. The van der Waals surface area contributed by atoms with Crippen LogP contribution >= 0.6 is 24.0 Å². The summed E-state index contributed by atoms with van der Waals surface area (Å²) in [6.45, 7) is 3.78. The number of hydrogen-bond acceptors (Lipinski definition) is 11. The maximum Gasteiger partial charge on any atom is 0.257 e. The fourth-order valence-electron chi connectivity index (χ4n) is 7.15. The lowest BCUT2D eigenvalue weighted by Crippen LogP contribution is -2.51. The van der Waals surface area contributed by atoms with E-state index in [1.54, 1.807) is 24.9 Å². The smallest absolute Gasteiger partial charge is 0.257 e. The summed E-state index contributed by atoms with van der Waals surface area (Å²) in [6.07, 6.45) is 10.0. The molecule has 3 unspecified atom stereocenters. The molecule has 2 aromatic heterocycles. The topological polar surface area (TPSA) is 111 Å². The Kier molecular flexibility index (Phi) is 10.8. The Morgan fingerprint density at radius 1 is 1.08 bits per heavy atom. The Labute approximate surface area is 307 Å². The highest BCUT2D eigenvalue weighted by molar-refractivity contribution is 8.22. The number of hydrogen-bond donors (Lipinski definition) is 1. The van der Waals surface area contributed by atoms with E-state index in [0.717, 1.165) is 67.2 Å². The summed E-state index contributed by atoms with van der Waals surface area (Å²) in [5, 5.41) is 7.82. The van der Waals surface area contributed by atoms with Crippen molar-refractivity contribution in [1.82, 2.24) is 34.4 Å². The number of benzene rings is 1. The van der Waals surface area contributed by atoms with Crippen LogP contribution in [0.15, 0.2) is 67.1 Å².